The van der Waals surface area contributed by atoms with Crippen LogP contribution in [0.25, 0.3) is 0 Å². The van der Waals surface area contributed by atoms with Gasteiger partial charge in [0.15, 0.2) is 11.5 Å². The standard InChI is InChI=1S/C23H18F2N6O2/c1-23(15-12-28-31(2)13-15,20-9-14(11-26)5-7-27-20)10-16-17(24)3-4-18(21(16)25)29-22(32)19-6-8-33-30-19/h3-9,12-13H,10H2,1-2H3,(H,29,32). The Hall–Kier alpha value is -4.39. The first-order valence-electron chi connectivity index (χ1n) is 9.86. The number of hydrogen-bond donors (Lipinski definition) is 1. The summed E-state index contributed by atoms with van der Waals surface area (Å²) in [5.41, 5.74) is -0.0519. The van der Waals surface area contributed by atoms with E-state index in [1.807, 2.05) is 0 Å². The molecule has 0 saturated heterocycles. The number of amides is 1. The summed E-state index contributed by atoms with van der Waals surface area (Å²) in [5, 5.41) is 19.4. The maximum absolute atomic E-state index is 15.5. The van der Waals surface area contributed by atoms with Gasteiger partial charge in [-0.2, -0.15) is 10.4 Å². The number of pyridine rings is 1. The van der Waals surface area contributed by atoms with Crippen molar-refractivity contribution in [3.8, 4) is 6.07 Å². The lowest BCUT2D eigenvalue weighted by molar-refractivity contribution is 0.101. The van der Waals surface area contributed by atoms with Gasteiger partial charge in [-0.1, -0.05) is 5.16 Å². The van der Waals surface area contributed by atoms with E-state index < -0.39 is 23.0 Å². The molecule has 1 unspecified atom stereocenters. The first-order chi connectivity index (χ1) is 15.8. The third-order valence-electron chi connectivity index (χ3n) is 5.43. The van der Waals surface area contributed by atoms with Gasteiger partial charge in [0.1, 0.15) is 12.1 Å². The molecule has 0 aliphatic heterocycles. The van der Waals surface area contributed by atoms with Crippen molar-refractivity contribution < 1.29 is 18.1 Å². The molecule has 1 aromatic carbocycles. The molecule has 0 aliphatic rings. The van der Waals surface area contributed by atoms with Gasteiger partial charge in [0.25, 0.3) is 5.91 Å². The number of carbonyl (C=O) groups excluding carboxylic acids is 1. The van der Waals surface area contributed by atoms with Crippen molar-refractivity contribution in [3.63, 3.8) is 0 Å². The summed E-state index contributed by atoms with van der Waals surface area (Å²) in [7, 11) is 1.73. The first kappa shape index (κ1) is 21.8. The third-order valence-corrected chi connectivity index (χ3v) is 5.43. The number of nitrogens with zero attached hydrogens (tertiary/aromatic N) is 5. The van der Waals surface area contributed by atoms with E-state index in [1.54, 1.807) is 43.2 Å². The van der Waals surface area contributed by atoms with Gasteiger partial charge in [-0.25, -0.2) is 8.78 Å². The van der Waals surface area contributed by atoms with Gasteiger partial charge in [0.05, 0.1) is 29.2 Å². The fourth-order valence-electron chi connectivity index (χ4n) is 3.57. The van der Waals surface area contributed by atoms with Gasteiger partial charge < -0.3 is 9.84 Å². The number of hydrogen-bond acceptors (Lipinski definition) is 6. The van der Waals surface area contributed by atoms with Crippen LogP contribution in [0, 0.1) is 23.0 Å². The SMILES string of the molecule is Cn1cc(C(C)(Cc2c(F)ccc(NC(=O)c3ccon3)c2F)c2cc(C#N)ccn2)cn1. The smallest absolute Gasteiger partial charge is 0.277 e. The fourth-order valence-corrected chi connectivity index (χ4v) is 3.57. The normalized spacial score (nSPS) is 12.7. The van der Waals surface area contributed by atoms with Crippen molar-refractivity contribution in [2.75, 3.05) is 5.32 Å². The molecule has 1 atom stereocenters. The Morgan fingerprint density at radius 2 is 2.12 bits per heavy atom. The fraction of sp³-hybridized carbons (Fsp3) is 0.174. The minimum atomic E-state index is -1.03. The van der Waals surface area contributed by atoms with E-state index >= 15 is 4.39 Å². The maximum atomic E-state index is 15.5. The summed E-state index contributed by atoms with van der Waals surface area (Å²) in [6.07, 6.45) is 5.86. The summed E-state index contributed by atoms with van der Waals surface area (Å²) < 4.78 is 36.5. The van der Waals surface area contributed by atoms with Gasteiger partial charge in [-0.15, -0.1) is 0 Å². The molecule has 0 spiro atoms. The number of rotatable bonds is 6. The Labute approximate surface area is 187 Å². The first-order valence-corrected chi connectivity index (χ1v) is 9.86. The number of halogens is 2. The van der Waals surface area contributed by atoms with Crippen LogP contribution < -0.4 is 5.32 Å². The lowest BCUT2D eigenvalue weighted by Crippen LogP contribution is -2.29. The number of nitrogens with one attached hydrogen (secondary N) is 1. The molecule has 10 heteroatoms. The lowest BCUT2D eigenvalue weighted by atomic mass is 9.75. The highest BCUT2D eigenvalue weighted by atomic mass is 19.1. The molecule has 166 valence electrons. The Morgan fingerprint density at radius 1 is 1.30 bits per heavy atom. The van der Waals surface area contributed by atoms with E-state index in [0.717, 1.165) is 12.1 Å². The molecule has 0 fully saturated rings. The zero-order valence-corrected chi connectivity index (χ0v) is 17.7. The van der Waals surface area contributed by atoms with Crippen LogP contribution in [-0.4, -0.2) is 25.8 Å². The average Bonchev–Trinajstić information content (AvgIpc) is 3.51. The number of benzene rings is 1. The second kappa shape index (κ2) is 8.63. The molecule has 1 N–H and O–H groups in total. The second-order valence-electron chi connectivity index (χ2n) is 7.68. The molecule has 4 aromatic rings. The Morgan fingerprint density at radius 3 is 2.79 bits per heavy atom. The quantitative estimate of drug-likeness (QED) is 0.481. The summed E-state index contributed by atoms with van der Waals surface area (Å²) in [5.74, 6) is -2.39. The topological polar surface area (TPSA) is 110 Å². The number of aromatic nitrogens is 4. The van der Waals surface area contributed by atoms with Crippen molar-refractivity contribution in [1.82, 2.24) is 19.9 Å². The second-order valence-corrected chi connectivity index (χ2v) is 7.68. The number of anilines is 1. The average molecular weight is 448 g/mol. The lowest BCUT2D eigenvalue weighted by Gasteiger charge is -2.29. The molecule has 0 aliphatic carbocycles. The van der Waals surface area contributed by atoms with Crippen LogP contribution in [0.2, 0.25) is 0 Å². The van der Waals surface area contributed by atoms with Crippen LogP contribution in [0.5, 0.6) is 0 Å². The summed E-state index contributed by atoms with van der Waals surface area (Å²) in [6.45, 7) is 1.77. The van der Waals surface area contributed by atoms with E-state index in [9.17, 15) is 14.4 Å². The molecule has 0 radical (unpaired) electrons. The summed E-state index contributed by atoms with van der Waals surface area (Å²) in [4.78, 5) is 16.7. The zero-order valence-electron chi connectivity index (χ0n) is 17.7. The largest absolute Gasteiger partial charge is 0.364 e. The minimum Gasteiger partial charge on any atom is -0.364 e. The van der Waals surface area contributed by atoms with E-state index in [1.165, 1.54) is 18.5 Å². The molecule has 33 heavy (non-hydrogen) atoms. The van der Waals surface area contributed by atoms with E-state index in [-0.39, 0.29) is 23.4 Å². The number of carbonyl (C=O) groups is 1. The van der Waals surface area contributed by atoms with Crippen LogP contribution in [0.1, 0.15) is 39.8 Å². The highest BCUT2D eigenvalue weighted by Gasteiger charge is 2.35. The summed E-state index contributed by atoms with van der Waals surface area (Å²) in [6, 6.07) is 8.74. The van der Waals surface area contributed by atoms with E-state index in [2.05, 4.69) is 31.1 Å². The van der Waals surface area contributed by atoms with Crippen molar-refractivity contribution in [3.05, 3.63) is 94.9 Å². The van der Waals surface area contributed by atoms with Gasteiger partial charge in [-0.3, -0.25) is 14.5 Å². The number of nitriles is 1. The molecule has 8 nitrogen and oxygen atoms in total. The van der Waals surface area contributed by atoms with Crippen molar-refractivity contribution in [1.29, 1.82) is 5.26 Å². The van der Waals surface area contributed by atoms with Crippen LogP contribution >= 0.6 is 0 Å². The van der Waals surface area contributed by atoms with Gasteiger partial charge >= 0.3 is 0 Å². The molecule has 3 heterocycles. The molecular formula is C23H18F2N6O2. The zero-order chi connectivity index (χ0) is 23.6. The van der Waals surface area contributed by atoms with E-state index in [0.29, 0.717) is 16.8 Å². The highest BCUT2D eigenvalue weighted by Crippen LogP contribution is 2.37. The minimum absolute atomic E-state index is 0.0435. The summed E-state index contributed by atoms with van der Waals surface area (Å²) >= 11 is 0. The van der Waals surface area contributed by atoms with Gasteiger partial charge in [-0.05, 0) is 37.6 Å². The van der Waals surface area contributed by atoms with Crippen LogP contribution in [-0.2, 0) is 18.9 Å². The van der Waals surface area contributed by atoms with Crippen molar-refractivity contribution in [2.24, 2.45) is 7.05 Å². The number of aryl methyl sites for hydroxylation is 1. The monoisotopic (exact) mass is 448 g/mol. The Balaban J connectivity index is 1.78. The molecule has 3 aromatic heterocycles. The predicted molar refractivity (Wildman–Crippen MR) is 113 cm³/mol. The van der Waals surface area contributed by atoms with Gasteiger partial charge in [0, 0.05) is 42.0 Å². The van der Waals surface area contributed by atoms with Crippen molar-refractivity contribution >= 4 is 11.6 Å². The molecule has 4 rings (SSSR count). The van der Waals surface area contributed by atoms with Crippen molar-refractivity contribution in [2.45, 2.75) is 18.8 Å². The van der Waals surface area contributed by atoms with Crippen LogP contribution in [0.15, 0.2) is 59.7 Å². The predicted octanol–water partition coefficient (Wildman–Crippen LogP) is 3.75. The third kappa shape index (κ3) is 4.21. The van der Waals surface area contributed by atoms with Crippen LogP contribution in [0.3, 0.4) is 0 Å². The maximum Gasteiger partial charge on any atom is 0.277 e. The Kier molecular flexibility index (Phi) is 5.70. The highest BCUT2D eigenvalue weighted by molar-refractivity contribution is 6.02. The molecule has 1 amide bonds. The molecule has 0 bridgehead atoms. The Bertz CT molecular complexity index is 1360. The van der Waals surface area contributed by atoms with Gasteiger partial charge in [0.2, 0.25) is 0 Å². The molecular weight excluding hydrogens is 430 g/mol. The molecule has 0 saturated carbocycles. The van der Waals surface area contributed by atoms with Crippen LogP contribution in [0.4, 0.5) is 14.5 Å². The van der Waals surface area contributed by atoms with E-state index in [4.69, 9.17) is 0 Å².